The van der Waals surface area contributed by atoms with E-state index in [4.69, 9.17) is 4.42 Å². The fourth-order valence-electron chi connectivity index (χ4n) is 7.60. The lowest BCUT2D eigenvalue weighted by atomic mass is 9.94. The second-order valence-corrected chi connectivity index (χ2v) is 13.8. The van der Waals surface area contributed by atoms with E-state index < -0.39 is 0 Å². The van der Waals surface area contributed by atoms with E-state index in [1.807, 2.05) is 11.3 Å². The van der Waals surface area contributed by atoms with Gasteiger partial charge in [0.1, 0.15) is 11.2 Å². The van der Waals surface area contributed by atoms with Gasteiger partial charge in [-0.3, -0.25) is 0 Å². The van der Waals surface area contributed by atoms with Gasteiger partial charge in [0.15, 0.2) is 0 Å². The average Bonchev–Trinajstić information content (AvgIpc) is 3.76. The first kappa shape index (κ1) is 28.8. The Morgan fingerprint density at radius 2 is 0.860 bits per heavy atom. The third-order valence-corrected chi connectivity index (χ3v) is 11.1. The SMILES string of the molecule is c1ccc(-c2ccccccc(-c3ccc(-c4ccc5c(c4)oc4c6ccccc6c6sc7ccccc7c6c54)cc3)c3ccccc23)cc1. The maximum atomic E-state index is 6.78. The number of fused-ring (bicyclic) bond motifs is 11. The Labute approximate surface area is 293 Å². The van der Waals surface area contributed by atoms with Crippen molar-refractivity contribution in [2.75, 3.05) is 0 Å². The molecule has 0 N–H and O–H groups in total. The molecule has 10 rings (SSSR count). The van der Waals surface area contributed by atoms with Gasteiger partial charge >= 0.3 is 0 Å². The van der Waals surface area contributed by atoms with Gasteiger partial charge in [0.05, 0.1) is 0 Å². The Bertz CT molecular complexity index is 2960. The molecule has 0 amide bonds. The van der Waals surface area contributed by atoms with Crippen molar-refractivity contribution in [1.29, 1.82) is 0 Å². The minimum atomic E-state index is 0.914. The van der Waals surface area contributed by atoms with E-state index in [9.17, 15) is 0 Å². The van der Waals surface area contributed by atoms with E-state index in [1.165, 1.54) is 64.0 Å². The fraction of sp³-hybridized carbons (Fsp3) is 0. The summed E-state index contributed by atoms with van der Waals surface area (Å²) in [5, 5.41) is 9.79. The van der Waals surface area contributed by atoms with Crippen LogP contribution in [0.5, 0.6) is 0 Å². The number of benzene rings is 7. The van der Waals surface area contributed by atoms with E-state index in [1.54, 1.807) is 0 Å². The van der Waals surface area contributed by atoms with Crippen LogP contribution in [-0.2, 0) is 0 Å². The molecule has 0 aliphatic rings. The van der Waals surface area contributed by atoms with Crippen molar-refractivity contribution in [2.24, 2.45) is 0 Å². The van der Waals surface area contributed by atoms with Crippen LogP contribution >= 0.6 is 11.3 Å². The molecule has 2 heteroatoms. The van der Waals surface area contributed by atoms with Crippen molar-refractivity contribution < 1.29 is 4.42 Å². The van der Waals surface area contributed by atoms with Crippen molar-refractivity contribution in [3.05, 3.63) is 182 Å². The quantitative estimate of drug-likeness (QED) is 0.185. The van der Waals surface area contributed by atoms with Crippen LogP contribution < -0.4 is 0 Å². The molecule has 50 heavy (non-hydrogen) atoms. The van der Waals surface area contributed by atoms with Gasteiger partial charge in [-0.15, -0.1) is 11.3 Å². The summed E-state index contributed by atoms with van der Waals surface area (Å²) in [7, 11) is 0. The van der Waals surface area contributed by atoms with Crippen molar-refractivity contribution in [3.63, 3.8) is 0 Å². The van der Waals surface area contributed by atoms with Crippen LogP contribution in [0.2, 0.25) is 0 Å². The predicted molar refractivity (Wildman–Crippen MR) is 216 cm³/mol. The zero-order chi connectivity index (χ0) is 33.0. The lowest BCUT2D eigenvalue weighted by Gasteiger charge is -2.10. The Balaban J connectivity index is 1.13. The van der Waals surface area contributed by atoms with Crippen molar-refractivity contribution in [1.82, 2.24) is 0 Å². The van der Waals surface area contributed by atoms with Crippen molar-refractivity contribution in [3.8, 4) is 33.4 Å². The number of rotatable bonds is 3. The molecule has 2 aromatic heterocycles. The van der Waals surface area contributed by atoms with E-state index >= 15 is 0 Å². The zero-order valence-corrected chi connectivity index (χ0v) is 28.0. The zero-order valence-electron chi connectivity index (χ0n) is 27.1. The number of hydrogen-bond acceptors (Lipinski definition) is 2. The molecular weight excluding hydrogens is 625 g/mol. The van der Waals surface area contributed by atoms with Gasteiger partial charge in [-0.25, -0.2) is 0 Å². The third-order valence-electron chi connectivity index (χ3n) is 9.93. The lowest BCUT2D eigenvalue weighted by Crippen LogP contribution is -1.84. The minimum Gasteiger partial charge on any atom is -0.455 e. The monoisotopic (exact) mass is 654 g/mol. The van der Waals surface area contributed by atoms with Gasteiger partial charge in [0, 0.05) is 41.7 Å². The van der Waals surface area contributed by atoms with Crippen LogP contribution in [0.4, 0.5) is 0 Å². The Morgan fingerprint density at radius 1 is 0.340 bits per heavy atom. The summed E-state index contributed by atoms with van der Waals surface area (Å²) >= 11 is 1.87. The van der Waals surface area contributed by atoms with Gasteiger partial charge in [0.2, 0.25) is 0 Å². The first-order valence-electron chi connectivity index (χ1n) is 17.0. The van der Waals surface area contributed by atoms with Crippen molar-refractivity contribution >= 4 is 75.0 Å². The second-order valence-electron chi connectivity index (χ2n) is 12.8. The standard InChI is InChI=1S/C48H30OS/c1-2-7-17-36(38-19-9-8-18-37(38)35(16-6-1)32-14-4-3-5-15-32)33-26-24-31(25-27-33)34-28-29-41-43(30-34)49-47-39-20-10-11-21-40(39)48-46(45(41)47)42-22-12-13-23-44(42)50-48/h1-30H. The van der Waals surface area contributed by atoms with Crippen LogP contribution in [0.3, 0.4) is 0 Å². The second kappa shape index (κ2) is 11.7. The predicted octanol–water partition coefficient (Wildman–Crippen LogP) is 14.4. The summed E-state index contributed by atoms with van der Waals surface area (Å²) in [4.78, 5) is 0. The van der Waals surface area contributed by atoms with Crippen LogP contribution in [0.1, 0.15) is 0 Å². The summed E-state index contributed by atoms with van der Waals surface area (Å²) in [5.41, 5.74) is 8.94. The van der Waals surface area contributed by atoms with Gasteiger partial charge in [-0.2, -0.15) is 0 Å². The highest BCUT2D eigenvalue weighted by atomic mass is 32.1. The highest BCUT2D eigenvalue weighted by Crippen LogP contribution is 2.47. The van der Waals surface area contributed by atoms with Gasteiger partial charge in [0.25, 0.3) is 0 Å². The van der Waals surface area contributed by atoms with E-state index in [2.05, 4.69) is 182 Å². The molecule has 1 nitrogen and oxygen atoms in total. The van der Waals surface area contributed by atoms with E-state index in [0.29, 0.717) is 0 Å². The molecule has 0 saturated carbocycles. The topological polar surface area (TPSA) is 13.1 Å². The van der Waals surface area contributed by atoms with E-state index in [0.717, 1.165) is 33.1 Å². The molecule has 0 fully saturated rings. The van der Waals surface area contributed by atoms with Gasteiger partial charge in [-0.1, -0.05) is 164 Å². The lowest BCUT2D eigenvalue weighted by molar-refractivity contribution is 0.673. The van der Waals surface area contributed by atoms with Crippen LogP contribution in [0.15, 0.2) is 186 Å². The molecule has 2 heterocycles. The van der Waals surface area contributed by atoms with Gasteiger partial charge < -0.3 is 4.42 Å². The van der Waals surface area contributed by atoms with Crippen LogP contribution in [-0.4, -0.2) is 0 Å². The normalized spacial score (nSPS) is 11.6. The summed E-state index contributed by atoms with van der Waals surface area (Å²) < 4.78 is 9.41. The molecule has 234 valence electrons. The maximum Gasteiger partial charge on any atom is 0.143 e. The van der Waals surface area contributed by atoms with Gasteiger partial charge in [-0.05, 0) is 62.4 Å². The highest BCUT2D eigenvalue weighted by molar-refractivity contribution is 7.27. The third kappa shape index (κ3) is 4.61. The largest absolute Gasteiger partial charge is 0.455 e. The molecule has 0 spiro atoms. The Morgan fingerprint density at radius 3 is 1.58 bits per heavy atom. The number of furan rings is 1. The molecule has 0 bridgehead atoms. The fourth-order valence-corrected chi connectivity index (χ4v) is 8.85. The summed E-state index contributed by atoms with van der Waals surface area (Å²) in [6.45, 7) is 0. The summed E-state index contributed by atoms with van der Waals surface area (Å²) in [6.07, 6.45) is 0. The molecular formula is C48H30OS. The maximum absolute atomic E-state index is 6.78. The molecule has 0 unspecified atom stereocenters. The Kier molecular flexibility index (Phi) is 6.75. The Hall–Kier alpha value is -6.22. The molecule has 0 atom stereocenters. The average molecular weight is 655 g/mol. The first-order chi connectivity index (χ1) is 24.8. The highest BCUT2D eigenvalue weighted by Gasteiger charge is 2.19. The molecule has 0 radical (unpaired) electrons. The molecule has 8 aromatic carbocycles. The molecule has 10 aromatic rings. The van der Waals surface area contributed by atoms with Crippen LogP contribution in [0, 0.1) is 0 Å². The van der Waals surface area contributed by atoms with Crippen LogP contribution in [0.25, 0.3) is 97.0 Å². The van der Waals surface area contributed by atoms with Crippen molar-refractivity contribution in [2.45, 2.75) is 0 Å². The summed E-state index contributed by atoms with van der Waals surface area (Å²) in [6, 6.07) is 65.3. The molecule has 0 aliphatic heterocycles. The minimum absolute atomic E-state index is 0.914. The number of thiophene rings is 1. The summed E-state index contributed by atoms with van der Waals surface area (Å²) in [5.74, 6) is 0. The molecule has 0 saturated heterocycles. The smallest absolute Gasteiger partial charge is 0.143 e. The number of hydrogen-bond donors (Lipinski definition) is 0. The molecule has 0 aliphatic carbocycles. The van der Waals surface area contributed by atoms with E-state index in [-0.39, 0.29) is 0 Å². The first-order valence-corrected chi connectivity index (χ1v) is 17.8.